The molecule has 3 aromatic rings. The molecule has 1 aromatic carbocycles. The van der Waals surface area contributed by atoms with E-state index in [1.165, 1.54) is 30.2 Å². The van der Waals surface area contributed by atoms with Crippen molar-refractivity contribution in [3.8, 4) is 11.5 Å². The van der Waals surface area contributed by atoms with Gasteiger partial charge in [0.05, 0.1) is 25.5 Å². The molecule has 30 heavy (non-hydrogen) atoms. The fraction of sp³-hybridized carbons (Fsp3) is 0.263. The average Bonchev–Trinajstić information content (AvgIpc) is 3.37. The van der Waals surface area contributed by atoms with Gasteiger partial charge in [0.15, 0.2) is 11.0 Å². The summed E-state index contributed by atoms with van der Waals surface area (Å²) in [4.78, 5) is 23.9. The number of anilines is 1. The first-order chi connectivity index (χ1) is 14.5. The lowest BCUT2D eigenvalue weighted by molar-refractivity contribution is -0.113. The lowest BCUT2D eigenvalue weighted by atomic mass is 10.3. The Hall–Kier alpha value is -3.05. The zero-order valence-electron chi connectivity index (χ0n) is 16.6. The SMILES string of the molecule is COC(=O)c1ccsc1NC(=O)CSc1nnc(COc2ccc(OC)cc2)n1C. The number of methoxy groups -OCH3 is 2. The molecule has 0 spiro atoms. The molecule has 0 fully saturated rings. The van der Waals surface area contributed by atoms with Crippen molar-refractivity contribution >= 4 is 40.0 Å². The van der Waals surface area contributed by atoms with E-state index in [-0.39, 0.29) is 18.3 Å². The second-order valence-corrected chi connectivity index (χ2v) is 7.77. The van der Waals surface area contributed by atoms with Crippen LogP contribution >= 0.6 is 23.1 Å². The van der Waals surface area contributed by atoms with E-state index < -0.39 is 5.97 Å². The molecule has 0 radical (unpaired) electrons. The fourth-order valence-corrected chi connectivity index (χ4v) is 3.91. The van der Waals surface area contributed by atoms with E-state index in [1.54, 1.807) is 23.1 Å². The summed E-state index contributed by atoms with van der Waals surface area (Å²) in [6.45, 7) is 0.236. The van der Waals surface area contributed by atoms with Crippen LogP contribution in [0.5, 0.6) is 11.5 Å². The van der Waals surface area contributed by atoms with Gasteiger partial charge in [0.2, 0.25) is 5.91 Å². The maximum absolute atomic E-state index is 12.3. The number of amides is 1. The molecule has 11 heteroatoms. The Bertz CT molecular complexity index is 1020. The normalized spacial score (nSPS) is 10.5. The Labute approximate surface area is 181 Å². The molecular formula is C19H20N4O5S2. The number of nitrogens with one attached hydrogen (secondary N) is 1. The van der Waals surface area contributed by atoms with Crippen LogP contribution < -0.4 is 14.8 Å². The topological polar surface area (TPSA) is 105 Å². The predicted octanol–water partition coefficient (Wildman–Crippen LogP) is 2.98. The molecule has 0 aliphatic heterocycles. The van der Waals surface area contributed by atoms with E-state index in [0.717, 1.165) is 5.75 Å². The number of rotatable bonds is 9. The molecule has 1 amide bonds. The highest BCUT2D eigenvalue weighted by Gasteiger charge is 2.17. The van der Waals surface area contributed by atoms with Gasteiger partial charge in [0.1, 0.15) is 23.1 Å². The number of aromatic nitrogens is 3. The fourth-order valence-electron chi connectivity index (χ4n) is 2.39. The largest absolute Gasteiger partial charge is 0.497 e. The first-order valence-electron chi connectivity index (χ1n) is 8.75. The third-order valence-corrected chi connectivity index (χ3v) is 5.86. The van der Waals surface area contributed by atoms with E-state index >= 15 is 0 Å². The number of thioether (sulfide) groups is 1. The predicted molar refractivity (Wildman–Crippen MR) is 113 cm³/mol. The van der Waals surface area contributed by atoms with Crippen LogP contribution in [0.3, 0.4) is 0 Å². The molecule has 0 saturated carbocycles. The Morgan fingerprint density at radius 2 is 1.87 bits per heavy atom. The summed E-state index contributed by atoms with van der Waals surface area (Å²) in [7, 11) is 4.71. The molecule has 0 bridgehead atoms. The van der Waals surface area contributed by atoms with E-state index in [0.29, 0.717) is 27.3 Å². The minimum absolute atomic E-state index is 0.115. The second kappa shape index (κ2) is 10.1. The quantitative estimate of drug-likeness (QED) is 0.394. The molecule has 0 unspecified atom stereocenters. The molecule has 0 aliphatic carbocycles. The lowest BCUT2D eigenvalue weighted by Crippen LogP contribution is -2.16. The Morgan fingerprint density at radius 3 is 2.57 bits per heavy atom. The van der Waals surface area contributed by atoms with Gasteiger partial charge in [-0.25, -0.2) is 4.79 Å². The van der Waals surface area contributed by atoms with Crippen molar-refractivity contribution in [3.05, 3.63) is 47.1 Å². The standard InChI is InChI=1S/C19H20N4O5S2/c1-23-15(10-28-13-6-4-12(26-2)5-7-13)21-22-19(23)30-11-16(24)20-17-14(8-9-29-17)18(25)27-3/h4-9H,10-11H2,1-3H3,(H,20,24). The summed E-state index contributed by atoms with van der Waals surface area (Å²) in [6.07, 6.45) is 0. The zero-order valence-corrected chi connectivity index (χ0v) is 18.2. The van der Waals surface area contributed by atoms with Crippen LogP contribution in [-0.2, 0) is 23.2 Å². The van der Waals surface area contributed by atoms with Gasteiger partial charge in [-0.1, -0.05) is 11.8 Å². The minimum atomic E-state index is -0.492. The van der Waals surface area contributed by atoms with Gasteiger partial charge >= 0.3 is 5.97 Å². The van der Waals surface area contributed by atoms with Gasteiger partial charge in [-0.15, -0.1) is 21.5 Å². The minimum Gasteiger partial charge on any atom is -0.497 e. The van der Waals surface area contributed by atoms with E-state index in [4.69, 9.17) is 14.2 Å². The van der Waals surface area contributed by atoms with Crippen LogP contribution in [0, 0.1) is 0 Å². The van der Waals surface area contributed by atoms with Crippen molar-refractivity contribution in [2.75, 3.05) is 25.3 Å². The number of thiophene rings is 1. The monoisotopic (exact) mass is 448 g/mol. The van der Waals surface area contributed by atoms with Crippen LogP contribution in [0.4, 0.5) is 5.00 Å². The lowest BCUT2D eigenvalue weighted by Gasteiger charge is -2.07. The Kier molecular flexibility index (Phi) is 7.31. The van der Waals surface area contributed by atoms with Crippen molar-refractivity contribution in [2.45, 2.75) is 11.8 Å². The number of carbonyl (C=O) groups is 2. The average molecular weight is 449 g/mol. The summed E-state index contributed by atoms with van der Waals surface area (Å²) in [6, 6.07) is 8.85. The Morgan fingerprint density at radius 1 is 1.13 bits per heavy atom. The highest BCUT2D eigenvalue weighted by atomic mass is 32.2. The van der Waals surface area contributed by atoms with Gasteiger partial charge in [-0.2, -0.15) is 0 Å². The molecular weight excluding hydrogens is 428 g/mol. The number of hydrogen-bond donors (Lipinski definition) is 1. The molecule has 0 saturated heterocycles. The maximum Gasteiger partial charge on any atom is 0.340 e. The van der Waals surface area contributed by atoms with Gasteiger partial charge in [-0.3, -0.25) is 4.79 Å². The van der Waals surface area contributed by atoms with Crippen molar-refractivity contribution in [1.29, 1.82) is 0 Å². The number of ether oxygens (including phenoxy) is 3. The molecule has 9 nitrogen and oxygen atoms in total. The maximum atomic E-state index is 12.3. The molecule has 2 aromatic heterocycles. The van der Waals surface area contributed by atoms with Gasteiger partial charge in [0.25, 0.3) is 0 Å². The summed E-state index contributed by atoms with van der Waals surface area (Å²) in [5.74, 6) is 1.42. The number of carbonyl (C=O) groups excluding carboxylic acids is 2. The van der Waals surface area contributed by atoms with Gasteiger partial charge in [-0.05, 0) is 35.7 Å². The molecule has 2 heterocycles. The van der Waals surface area contributed by atoms with E-state index in [9.17, 15) is 9.59 Å². The number of nitrogens with zero attached hydrogens (tertiary/aromatic N) is 3. The van der Waals surface area contributed by atoms with Crippen molar-refractivity contribution in [1.82, 2.24) is 14.8 Å². The van der Waals surface area contributed by atoms with Crippen LogP contribution in [-0.4, -0.2) is 46.6 Å². The first kappa shape index (κ1) is 21.7. The molecule has 0 aliphatic rings. The smallest absolute Gasteiger partial charge is 0.340 e. The summed E-state index contributed by atoms with van der Waals surface area (Å²) >= 11 is 2.50. The highest BCUT2D eigenvalue weighted by molar-refractivity contribution is 7.99. The van der Waals surface area contributed by atoms with Crippen LogP contribution in [0.25, 0.3) is 0 Å². The van der Waals surface area contributed by atoms with Crippen molar-refractivity contribution < 1.29 is 23.8 Å². The Balaban J connectivity index is 1.52. The van der Waals surface area contributed by atoms with Crippen molar-refractivity contribution in [2.24, 2.45) is 7.05 Å². The summed E-state index contributed by atoms with van der Waals surface area (Å²) < 4.78 is 17.3. The van der Waals surface area contributed by atoms with E-state index in [1.807, 2.05) is 31.3 Å². The molecule has 158 valence electrons. The third-order valence-electron chi connectivity index (χ3n) is 4.01. The second-order valence-electron chi connectivity index (χ2n) is 5.91. The molecule has 1 N–H and O–H groups in total. The number of benzene rings is 1. The summed E-state index contributed by atoms with van der Waals surface area (Å²) in [5, 5.41) is 13.7. The third kappa shape index (κ3) is 5.30. The first-order valence-corrected chi connectivity index (χ1v) is 10.6. The van der Waals surface area contributed by atoms with Crippen LogP contribution in [0.1, 0.15) is 16.2 Å². The van der Waals surface area contributed by atoms with Gasteiger partial charge in [0, 0.05) is 7.05 Å². The number of hydrogen-bond acceptors (Lipinski definition) is 9. The van der Waals surface area contributed by atoms with Crippen molar-refractivity contribution in [3.63, 3.8) is 0 Å². The molecule has 0 atom stereocenters. The van der Waals surface area contributed by atoms with Crippen LogP contribution in [0.15, 0.2) is 40.9 Å². The molecule has 3 rings (SSSR count). The number of esters is 1. The highest BCUT2D eigenvalue weighted by Crippen LogP contribution is 2.25. The van der Waals surface area contributed by atoms with Crippen LogP contribution in [0.2, 0.25) is 0 Å². The zero-order chi connectivity index (χ0) is 21.5. The van der Waals surface area contributed by atoms with Gasteiger partial charge < -0.3 is 24.1 Å². The van der Waals surface area contributed by atoms with E-state index in [2.05, 4.69) is 15.5 Å². The summed E-state index contributed by atoms with van der Waals surface area (Å²) in [5.41, 5.74) is 0.331.